The van der Waals surface area contributed by atoms with Gasteiger partial charge in [0.05, 0.1) is 0 Å². The van der Waals surface area contributed by atoms with Gasteiger partial charge in [0, 0.05) is 33.2 Å². The summed E-state index contributed by atoms with van der Waals surface area (Å²) in [7, 11) is 1.80. The predicted octanol–water partition coefficient (Wildman–Crippen LogP) is 2.02. The van der Waals surface area contributed by atoms with Crippen molar-refractivity contribution in [1.82, 2.24) is 20.4 Å². The first kappa shape index (κ1) is 22.0. The highest BCUT2D eigenvalue weighted by molar-refractivity contribution is 14.0. The van der Waals surface area contributed by atoms with Gasteiger partial charge in [-0.25, -0.2) is 4.79 Å². The van der Waals surface area contributed by atoms with E-state index in [1.54, 1.807) is 14.0 Å². The Balaban J connectivity index is 0.00000312. The summed E-state index contributed by atoms with van der Waals surface area (Å²) in [5, 5.41) is 6.14. The van der Waals surface area contributed by atoms with E-state index in [4.69, 9.17) is 0 Å². The molecule has 2 fully saturated rings. The molecule has 2 saturated heterocycles. The van der Waals surface area contributed by atoms with Crippen LogP contribution in [-0.2, 0) is 4.79 Å². The Hall–Kier alpha value is -1.06. The molecule has 2 unspecified atom stereocenters. The molecule has 8 heteroatoms. The summed E-state index contributed by atoms with van der Waals surface area (Å²) < 4.78 is 0. The minimum atomic E-state index is -0.746. The van der Waals surface area contributed by atoms with Crippen LogP contribution in [0.2, 0.25) is 0 Å². The fraction of sp³-hybridized carbons (Fsp3) is 0.824. The number of likely N-dealkylation sites (tertiary alicyclic amines) is 1. The van der Waals surface area contributed by atoms with Gasteiger partial charge in [0.1, 0.15) is 5.54 Å². The average molecular weight is 465 g/mol. The molecular weight excluding hydrogens is 433 g/mol. The number of aliphatic imine (C=N–C) groups is 1. The minimum Gasteiger partial charge on any atom is -0.356 e. The van der Waals surface area contributed by atoms with E-state index in [1.165, 1.54) is 17.7 Å². The van der Waals surface area contributed by atoms with Crippen molar-refractivity contribution >= 4 is 41.9 Å². The molecule has 0 bridgehead atoms. The summed E-state index contributed by atoms with van der Waals surface area (Å²) in [5.74, 6) is 1.48. The number of piperidine rings is 1. The maximum atomic E-state index is 12.3. The topological polar surface area (TPSA) is 77.0 Å². The Labute approximate surface area is 168 Å². The summed E-state index contributed by atoms with van der Waals surface area (Å²) in [6.45, 7) is 9.14. The zero-order chi connectivity index (χ0) is 17.7. The monoisotopic (exact) mass is 465 g/mol. The van der Waals surface area contributed by atoms with Crippen molar-refractivity contribution in [2.24, 2.45) is 10.9 Å². The number of urea groups is 1. The number of nitrogens with zero attached hydrogens (tertiary/aromatic N) is 3. The summed E-state index contributed by atoms with van der Waals surface area (Å²) in [6.07, 6.45) is 3.78. The lowest BCUT2D eigenvalue weighted by molar-refractivity contribution is -0.130. The highest BCUT2D eigenvalue weighted by Crippen LogP contribution is 2.20. The van der Waals surface area contributed by atoms with Crippen molar-refractivity contribution < 1.29 is 9.59 Å². The first-order chi connectivity index (χ1) is 11.4. The highest BCUT2D eigenvalue weighted by atomic mass is 127. The molecule has 2 aliphatic rings. The van der Waals surface area contributed by atoms with E-state index in [0.717, 1.165) is 19.0 Å². The second kappa shape index (κ2) is 9.59. The van der Waals surface area contributed by atoms with Crippen LogP contribution >= 0.6 is 24.0 Å². The van der Waals surface area contributed by atoms with E-state index >= 15 is 0 Å². The van der Waals surface area contributed by atoms with Gasteiger partial charge in [0.15, 0.2) is 5.96 Å². The molecule has 0 aliphatic carbocycles. The maximum Gasteiger partial charge on any atom is 0.325 e. The van der Waals surface area contributed by atoms with Gasteiger partial charge < -0.3 is 15.5 Å². The molecule has 0 spiro atoms. The number of rotatable bonds is 5. The zero-order valence-electron chi connectivity index (χ0n) is 15.8. The van der Waals surface area contributed by atoms with Crippen LogP contribution in [0.15, 0.2) is 4.99 Å². The van der Waals surface area contributed by atoms with Crippen LogP contribution in [0.3, 0.4) is 0 Å². The maximum absolute atomic E-state index is 12.3. The van der Waals surface area contributed by atoms with E-state index in [-0.39, 0.29) is 35.9 Å². The molecule has 0 aromatic rings. The number of halogens is 1. The summed E-state index contributed by atoms with van der Waals surface area (Å²) in [5.41, 5.74) is -0.746. The molecule has 2 aliphatic heterocycles. The third kappa shape index (κ3) is 5.21. The molecule has 0 aromatic heterocycles. The number of amides is 3. The number of hydrogen-bond donors (Lipinski definition) is 2. The Morgan fingerprint density at radius 3 is 2.72 bits per heavy atom. The Morgan fingerprint density at radius 1 is 1.44 bits per heavy atom. The number of carbonyl (C=O) groups excluding carboxylic acids is 2. The number of nitrogens with one attached hydrogen (secondary N) is 2. The lowest BCUT2D eigenvalue weighted by atomic mass is 9.99. The minimum absolute atomic E-state index is 0. The van der Waals surface area contributed by atoms with Crippen LogP contribution in [0.5, 0.6) is 0 Å². The van der Waals surface area contributed by atoms with Gasteiger partial charge in [-0.2, -0.15) is 0 Å². The Kier molecular flexibility index (Phi) is 8.43. The Morgan fingerprint density at radius 2 is 2.16 bits per heavy atom. The molecule has 0 saturated carbocycles. The molecule has 144 valence electrons. The first-order valence-electron chi connectivity index (χ1n) is 9.01. The van der Waals surface area contributed by atoms with Gasteiger partial charge in [0.2, 0.25) is 0 Å². The molecule has 0 radical (unpaired) electrons. The van der Waals surface area contributed by atoms with E-state index in [0.29, 0.717) is 31.8 Å². The largest absolute Gasteiger partial charge is 0.356 e. The highest BCUT2D eigenvalue weighted by Gasteiger charge is 2.45. The standard InChI is InChI=1S/C17H31N5O2.HI/c1-5-17(3)14(23)22(16(24)20-17)11-7-9-19-15(18-4)21-10-6-8-13(2)12-21;/h13H,5-12H2,1-4H3,(H,18,19)(H,20,24);1H. The van der Waals surface area contributed by atoms with Crippen LogP contribution in [0.1, 0.15) is 46.5 Å². The van der Waals surface area contributed by atoms with Crippen LogP contribution in [0, 0.1) is 5.92 Å². The fourth-order valence-electron chi connectivity index (χ4n) is 3.34. The number of carbonyl (C=O) groups is 2. The summed E-state index contributed by atoms with van der Waals surface area (Å²) >= 11 is 0. The fourth-order valence-corrected chi connectivity index (χ4v) is 3.34. The lowest BCUT2D eigenvalue weighted by Gasteiger charge is -2.33. The third-order valence-corrected chi connectivity index (χ3v) is 5.06. The first-order valence-corrected chi connectivity index (χ1v) is 9.01. The van der Waals surface area contributed by atoms with Gasteiger partial charge >= 0.3 is 6.03 Å². The molecule has 25 heavy (non-hydrogen) atoms. The molecule has 7 nitrogen and oxygen atoms in total. The molecular formula is C17H32IN5O2. The average Bonchev–Trinajstić information content (AvgIpc) is 2.78. The second-order valence-corrected chi connectivity index (χ2v) is 7.09. The summed E-state index contributed by atoms with van der Waals surface area (Å²) in [4.78, 5) is 32.3. The number of hydrogen-bond acceptors (Lipinski definition) is 3. The summed E-state index contributed by atoms with van der Waals surface area (Å²) in [6, 6.07) is -0.279. The molecule has 2 N–H and O–H groups in total. The second-order valence-electron chi connectivity index (χ2n) is 7.09. The number of guanidine groups is 1. The molecule has 3 amide bonds. The van der Waals surface area contributed by atoms with Crippen LogP contribution in [-0.4, -0.2) is 66.5 Å². The number of imide groups is 1. The molecule has 2 rings (SSSR count). The van der Waals surface area contributed by atoms with Crippen molar-refractivity contribution in [2.75, 3.05) is 33.2 Å². The van der Waals surface area contributed by atoms with E-state index in [2.05, 4.69) is 27.4 Å². The Bertz CT molecular complexity index is 513. The van der Waals surface area contributed by atoms with Crippen LogP contribution < -0.4 is 10.6 Å². The van der Waals surface area contributed by atoms with Gasteiger partial charge in [0.25, 0.3) is 5.91 Å². The van der Waals surface area contributed by atoms with E-state index in [1.807, 2.05) is 6.92 Å². The van der Waals surface area contributed by atoms with Gasteiger partial charge in [-0.05, 0) is 38.5 Å². The molecule has 0 aromatic carbocycles. The van der Waals surface area contributed by atoms with Crippen molar-refractivity contribution in [3.05, 3.63) is 0 Å². The van der Waals surface area contributed by atoms with Gasteiger partial charge in [-0.15, -0.1) is 24.0 Å². The smallest absolute Gasteiger partial charge is 0.325 e. The van der Waals surface area contributed by atoms with E-state index < -0.39 is 5.54 Å². The van der Waals surface area contributed by atoms with Gasteiger partial charge in [-0.1, -0.05) is 13.8 Å². The van der Waals surface area contributed by atoms with Crippen LogP contribution in [0.4, 0.5) is 4.79 Å². The third-order valence-electron chi connectivity index (χ3n) is 5.06. The van der Waals surface area contributed by atoms with Crippen molar-refractivity contribution in [3.63, 3.8) is 0 Å². The quantitative estimate of drug-likeness (QED) is 0.214. The molecule has 2 atom stereocenters. The lowest BCUT2D eigenvalue weighted by Crippen LogP contribution is -2.47. The van der Waals surface area contributed by atoms with Crippen molar-refractivity contribution in [2.45, 2.75) is 52.0 Å². The van der Waals surface area contributed by atoms with Crippen molar-refractivity contribution in [1.29, 1.82) is 0 Å². The SMILES string of the molecule is CCC1(C)NC(=O)N(CCCNC(=NC)N2CCCC(C)C2)C1=O.I. The zero-order valence-corrected chi connectivity index (χ0v) is 18.1. The normalized spacial score (nSPS) is 27.2. The van der Waals surface area contributed by atoms with Crippen molar-refractivity contribution in [3.8, 4) is 0 Å². The predicted molar refractivity (Wildman–Crippen MR) is 110 cm³/mol. The van der Waals surface area contributed by atoms with Crippen LogP contribution in [0.25, 0.3) is 0 Å². The molecule has 2 heterocycles. The van der Waals surface area contributed by atoms with Gasteiger partial charge in [-0.3, -0.25) is 14.7 Å². The van der Waals surface area contributed by atoms with E-state index in [9.17, 15) is 9.59 Å².